The second kappa shape index (κ2) is 14.2. The molecule has 2 amide bonds. The van der Waals surface area contributed by atoms with E-state index in [0.717, 1.165) is 16.7 Å². The average molecular weight is 647 g/mol. The van der Waals surface area contributed by atoms with Crippen molar-refractivity contribution in [1.82, 2.24) is 15.2 Å². The van der Waals surface area contributed by atoms with Crippen LogP contribution in [-0.2, 0) is 24.0 Å². The Balaban J connectivity index is 1.31. The van der Waals surface area contributed by atoms with Crippen molar-refractivity contribution >= 4 is 41.3 Å². The summed E-state index contributed by atoms with van der Waals surface area (Å²) < 4.78 is 6.21. The molecule has 0 aliphatic carbocycles. The maximum absolute atomic E-state index is 14.2. The van der Waals surface area contributed by atoms with E-state index in [1.807, 2.05) is 78.9 Å². The van der Waals surface area contributed by atoms with Crippen LogP contribution < -0.4 is 5.32 Å². The van der Waals surface area contributed by atoms with E-state index in [9.17, 15) is 19.5 Å². The highest BCUT2D eigenvalue weighted by Crippen LogP contribution is 2.42. The van der Waals surface area contributed by atoms with Crippen molar-refractivity contribution in [1.29, 1.82) is 0 Å². The van der Waals surface area contributed by atoms with Gasteiger partial charge in [-0.05, 0) is 40.5 Å². The fourth-order valence-corrected chi connectivity index (χ4v) is 6.68. The van der Waals surface area contributed by atoms with Crippen LogP contribution in [0.5, 0.6) is 5.75 Å². The molecular weight excluding hydrogens is 616 g/mol. The molecule has 2 aliphatic rings. The zero-order valence-corrected chi connectivity index (χ0v) is 26.0. The SMILES string of the molecule is CON=C(C(=O)NC1C(=O)N2C(C(=O)OC(c3ccccc3)c3ccccc3)=C(C=Cc3cccnc3)CS[C@H]12)c1cccc(O)c1. The Kier molecular flexibility index (Phi) is 9.44. The molecule has 10 nitrogen and oxygen atoms in total. The van der Waals surface area contributed by atoms with Crippen molar-refractivity contribution in [3.8, 4) is 5.75 Å². The van der Waals surface area contributed by atoms with Gasteiger partial charge in [0.05, 0.1) is 0 Å². The summed E-state index contributed by atoms with van der Waals surface area (Å²) in [4.78, 5) is 51.7. The molecule has 2 aliphatic heterocycles. The minimum atomic E-state index is -0.947. The minimum absolute atomic E-state index is 0.0581. The minimum Gasteiger partial charge on any atom is -0.508 e. The van der Waals surface area contributed by atoms with E-state index in [4.69, 9.17) is 9.57 Å². The summed E-state index contributed by atoms with van der Waals surface area (Å²) in [6.45, 7) is 0. The summed E-state index contributed by atoms with van der Waals surface area (Å²) in [5.74, 6) is -1.50. The van der Waals surface area contributed by atoms with Crippen molar-refractivity contribution in [3.63, 3.8) is 0 Å². The number of fused-ring (bicyclic) bond motifs is 1. The van der Waals surface area contributed by atoms with Crippen LogP contribution >= 0.6 is 11.8 Å². The number of aromatic hydroxyl groups is 1. The molecule has 11 heteroatoms. The van der Waals surface area contributed by atoms with Gasteiger partial charge in [-0.2, -0.15) is 0 Å². The molecule has 0 saturated carbocycles. The number of pyridine rings is 1. The van der Waals surface area contributed by atoms with Crippen LogP contribution in [0.4, 0.5) is 0 Å². The maximum Gasteiger partial charge on any atom is 0.356 e. The number of ether oxygens (including phenoxy) is 1. The second-order valence-electron chi connectivity index (χ2n) is 10.6. The molecule has 0 spiro atoms. The molecule has 1 unspecified atom stereocenters. The number of hydrogen-bond donors (Lipinski definition) is 2. The number of nitrogens with one attached hydrogen (secondary N) is 1. The van der Waals surface area contributed by atoms with Gasteiger partial charge in [-0.25, -0.2) is 4.79 Å². The van der Waals surface area contributed by atoms with Gasteiger partial charge in [0.1, 0.15) is 30.0 Å². The van der Waals surface area contributed by atoms with E-state index >= 15 is 0 Å². The quantitative estimate of drug-likeness (QED) is 0.108. The van der Waals surface area contributed by atoms with Gasteiger partial charge in [-0.15, -0.1) is 11.8 Å². The third kappa shape index (κ3) is 6.80. The number of rotatable bonds is 10. The van der Waals surface area contributed by atoms with Gasteiger partial charge in [0.2, 0.25) is 0 Å². The number of oxime groups is 1. The zero-order chi connectivity index (χ0) is 32.8. The molecule has 236 valence electrons. The van der Waals surface area contributed by atoms with Crippen LogP contribution in [0.1, 0.15) is 28.4 Å². The number of thioether (sulfide) groups is 1. The van der Waals surface area contributed by atoms with Crippen LogP contribution in [0.3, 0.4) is 0 Å². The van der Waals surface area contributed by atoms with Crippen molar-refractivity contribution in [3.05, 3.63) is 149 Å². The van der Waals surface area contributed by atoms with Crippen LogP contribution in [0, 0.1) is 0 Å². The Bertz CT molecular complexity index is 1820. The smallest absolute Gasteiger partial charge is 0.356 e. The summed E-state index contributed by atoms with van der Waals surface area (Å²) in [7, 11) is 1.30. The number of allylic oxidation sites excluding steroid dienone is 1. The third-order valence-corrected chi connectivity index (χ3v) is 8.89. The van der Waals surface area contributed by atoms with Gasteiger partial charge in [-0.1, -0.05) is 96.2 Å². The number of benzene rings is 3. The molecule has 47 heavy (non-hydrogen) atoms. The first kappa shape index (κ1) is 31.3. The molecule has 6 rings (SSSR count). The Labute approximate surface area is 275 Å². The Morgan fingerprint density at radius 1 is 1.00 bits per heavy atom. The van der Waals surface area contributed by atoms with Crippen LogP contribution in [0.15, 0.2) is 132 Å². The van der Waals surface area contributed by atoms with Gasteiger partial charge >= 0.3 is 5.97 Å². The number of carbonyl (C=O) groups excluding carboxylic acids is 3. The summed E-state index contributed by atoms with van der Waals surface area (Å²) in [6.07, 6.45) is 6.26. The van der Waals surface area contributed by atoms with Gasteiger partial charge in [0.25, 0.3) is 11.8 Å². The topological polar surface area (TPSA) is 130 Å². The van der Waals surface area contributed by atoms with Crippen LogP contribution in [0.25, 0.3) is 6.08 Å². The summed E-state index contributed by atoms with van der Waals surface area (Å²) >= 11 is 1.41. The van der Waals surface area contributed by atoms with E-state index in [2.05, 4.69) is 15.5 Å². The summed E-state index contributed by atoms with van der Waals surface area (Å²) in [5.41, 5.74) is 3.28. The van der Waals surface area contributed by atoms with Gasteiger partial charge in [0, 0.05) is 23.7 Å². The average Bonchev–Trinajstić information content (AvgIpc) is 3.11. The molecule has 1 saturated heterocycles. The number of β-lactam (4-membered cyclic amide) rings is 1. The number of hydrogen-bond acceptors (Lipinski definition) is 9. The Morgan fingerprint density at radius 2 is 1.72 bits per heavy atom. The van der Waals surface area contributed by atoms with Crippen molar-refractivity contribution in [2.24, 2.45) is 5.16 Å². The molecule has 3 heterocycles. The Morgan fingerprint density at radius 3 is 2.36 bits per heavy atom. The maximum atomic E-state index is 14.2. The summed E-state index contributed by atoms with van der Waals surface area (Å²) in [6, 6.07) is 27.5. The highest BCUT2D eigenvalue weighted by molar-refractivity contribution is 8.00. The molecular formula is C36H30N4O6S. The largest absolute Gasteiger partial charge is 0.508 e. The highest BCUT2D eigenvalue weighted by atomic mass is 32.2. The third-order valence-electron chi connectivity index (χ3n) is 7.59. The van der Waals surface area contributed by atoms with Gasteiger partial charge in [0.15, 0.2) is 11.8 Å². The first-order valence-corrected chi connectivity index (χ1v) is 15.8. The number of nitrogens with zero attached hydrogens (tertiary/aromatic N) is 3. The van der Waals surface area contributed by atoms with E-state index in [-0.39, 0.29) is 17.2 Å². The van der Waals surface area contributed by atoms with Crippen molar-refractivity contribution in [2.45, 2.75) is 17.5 Å². The molecule has 2 atom stereocenters. The number of carbonyl (C=O) groups is 3. The Hall–Kier alpha value is -5.68. The lowest BCUT2D eigenvalue weighted by Gasteiger charge is -2.49. The van der Waals surface area contributed by atoms with Gasteiger partial charge < -0.3 is 20.0 Å². The molecule has 4 aromatic rings. The van der Waals surface area contributed by atoms with E-state index in [1.54, 1.807) is 30.6 Å². The molecule has 2 N–H and O–H groups in total. The van der Waals surface area contributed by atoms with Crippen LogP contribution in [0.2, 0.25) is 0 Å². The number of phenolic OH excluding ortho intramolecular Hbond substituents is 1. The fraction of sp³-hybridized carbons (Fsp3) is 0.139. The highest BCUT2D eigenvalue weighted by Gasteiger charge is 2.54. The first-order valence-electron chi connectivity index (χ1n) is 14.7. The number of phenols is 1. The fourth-order valence-electron chi connectivity index (χ4n) is 5.36. The lowest BCUT2D eigenvalue weighted by atomic mass is 10.00. The molecule has 3 aromatic carbocycles. The van der Waals surface area contributed by atoms with E-state index in [1.165, 1.54) is 35.9 Å². The second-order valence-corrected chi connectivity index (χ2v) is 11.7. The number of aromatic nitrogens is 1. The number of amides is 2. The van der Waals surface area contributed by atoms with Crippen molar-refractivity contribution in [2.75, 3.05) is 12.9 Å². The zero-order valence-electron chi connectivity index (χ0n) is 25.2. The molecule has 1 aromatic heterocycles. The van der Waals surface area contributed by atoms with Crippen molar-refractivity contribution < 1.29 is 29.1 Å². The number of esters is 1. The predicted molar refractivity (Wildman–Crippen MR) is 178 cm³/mol. The van der Waals surface area contributed by atoms with E-state index in [0.29, 0.717) is 16.9 Å². The standard InChI is InChI=1S/C36H30N4O6S/c1-45-39-29(26-15-8-16-28(41)20-26)33(42)38-30-34(43)40-31(27(22-47-35(30)40)18-17-23-10-9-19-37-21-23)36(44)46-32(24-11-4-2-5-12-24)25-13-6-3-7-14-25/h2-21,30,32,35,41H,22H2,1H3,(H,38,42)/t30?,35-/m1/s1. The summed E-state index contributed by atoms with van der Waals surface area (Å²) in [5, 5.41) is 15.9. The van der Waals surface area contributed by atoms with Crippen LogP contribution in [-0.4, -0.2) is 62.8 Å². The van der Waals surface area contributed by atoms with E-state index < -0.39 is 35.3 Å². The lowest BCUT2D eigenvalue weighted by Crippen LogP contribution is -2.71. The lowest BCUT2D eigenvalue weighted by molar-refractivity contribution is -0.154. The first-order chi connectivity index (χ1) is 22.9. The molecule has 0 bridgehead atoms. The predicted octanol–water partition coefficient (Wildman–Crippen LogP) is 4.84. The monoisotopic (exact) mass is 646 g/mol. The molecule has 0 radical (unpaired) electrons. The van der Waals surface area contributed by atoms with Gasteiger partial charge in [-0.3, -0.25) is 19.5 Å². The normalized spacial score (nSPS) is 17.7. The molecule has 1 fully saturated rings.